The molecule has 4 aromatic rings. The minimum absolute atomic E-state index is 0.103. The molecule has 0 bridgehead atoms. The van der Waals surface area contributed by atoms with Gasteiger partial charge < -0.3 is 19.3 Å². The molecular formula is C30H38N8O3S. The van der Waals surface area contributed by atoms with Crippen LogP contribution >= 0.6 is 12.2 Å². The third-order valence-electron chi connectivity index (χ3n) is 7.54. The summed E-state index contributed by atoms with van der Waals surface area (Å²) in [5, 5.41) is 26.2. The van der Waals surface area contributed by atoms with Crippen molar-refractivity contribution in [2.45, 2.75) is 39.8 Å². The quantitative estimate of drug-likeness (QED) is 0.158. The molecule has 1 unspecified atom stereocenters. The van der Waals surface area contributed by atoms with Crippen molar-refractivity contribution in [3.63, 3.8) is 0 Å². The van der Waals surface area contributed by atoms with Crippen molar-refractivity contribution < 1.29 is 19.0 Å². The van der Waals surface area contributed by atoms with Crippen LogP contribution in [0.1, 0.15) is 49.3 Å². The van der Waals surface area contributed by atoms with Gasteiger partial charge in [-0.25, -0.2) is 4.68 Å². The first-order chi connectivity index (χ1) is 20.2. The molecule has 1 atom stereocenters. The lowest BCUT2D eigenvalue weighted by molar-refractivity contribution is -0.671. The van der Waals surface area contributed by atoms with E-state index >= 15 is 0 Å². The zero-order valence-electron chi connectivity index (χ0n) is 24.8. The number of likely N-dealkylation sites (N-methyl/N-ethyl adjacent to an activating group) is 1. The number of rotatable bonds is 10. The summed E-state index contributed by atoms with van der Waals surface area (Å²) in [5.74, 6) is 1.24. The fourth-order valence-electron chi connectivity index (χ4n) is 5.01. The zero-order valence-corrected chi connectivity index (χ0v) is 25.6. The second-order valence-electron chi connectivity index (χ2n) is 11.2. The fourth-order valence-corrected chi connectivity index (χ4v) is 5.25. The van der Waals surface area contributed by atoms with E-state index in [1.54, 1.807) is 36.1 Å². The first-order valence-electron chi connectivity index (χ1n) is 14.2. The van der Waals surface area contributed by atoms with Crippen LogP contribution in [-0.4, -0.2) is 76.1 Å². The van der Waals surface area contributed by atoms with Crippen molar-refractivity contribution in [3.8, 4) is 17.4 Å². The normalized spacial score (nSPS) is 15.6. The molecule has 1 saturated heterocycles. The molecule has 0 N–H and O–H groups in total. The zero-order chi connectivity index (χ0) is 29.8. The van der Waals surface area contributed by atoms with Gasteiger partial charge in [0.05, 0.1) is 19.0 Å². The molecule has 0 aliphatic carbocycles. The van der Waals surface area contributed by atoms with Gasteiger partial charge in [-0.3, -0.25) is 4.90 Å². The summed E-state index contributed by atoms with van der Waals surface area (Å²) >= 11 is 5.90. The molecule has 0 radical (unpaired) electrons. The molecule has 1 aliphatic heterocycles. The molecule has 1 fully saturated rings. The van der Waals surface area contributed by atoms with Crippen molar-refractivity contribution in [1.29, 1.82) is 0 Å². The van der Waals surface area contributed by atoms with Crippen LogP contribution in [0.3, 0.4) is 0 Å². The van der Waals surface area contributed by atoms with Gasteiger partial charge >= 0.3 is 0 Å². The molecule has 1 aliphatic rings. The number of methoxy groups -OCH3 is 1. The SMILES string of the molecule is COc1ccc(-[n+]2noc([O-])c2/C=N/n2c(C(C)c3ccc(CC(C)C)cc3)nn(CN3CCN(C)CC3)c2=S)cc1. The second kappa shape index (κ2) is 13.0. The Morgan fingerprint density at radius 2 is 1.76 bits per heavy atom. The van der Waals surface area contributed by atoms with Gasteiger partial charge in [0.1, 0.15) is 12.0 Å². The predicted octanol–water partition coefficient (Wildman–Crippen LogP) is 3.20. The molecule has 12 heteroatoms. The van der Waals surface area contributed by atoms with Crippen molar-refractivity contribution >= 4 is 18.4 Å². The largest absolute Gasteiger partial charge is 0.539 e. The van der Waals surface area contributed by atoms with E-state index in [9.17, 15) is 5.11 Å². The second-order valence-corrected chi connectivity index (χ2v) is 11.5. The summed E-state index contributed by atoms with van der Waals surface area (Å²) < 4.78 is 15.6. The van der Waals surface area contributed by atoms with Crippen molar-refractivity contribution in [2.75, 3.05) is 40.3 Å². The monoisotopic (exact) mass is 590 g/mol. The third-order valence-corrected chi connectivity index (χ3v) is 7.92. The summed E-state index contributed by atoms with van der Waals surface area (Å²) in [5.41, 5.74) is 3.20. The number of aromatic nitrogens is 5. The highest BCUT2D eigenvalue weighted by molar-refractivity contribution is 7.71. The minimum atomic E-state index is -0.610. The smallest absolute Gasteiger partial charge is 0.283 e. The number of piperazine rings is 1. The Balaban J connectivity index is 1.50. The van der Waals surface area contributed by atoms with Gasteiger partial charge in [0.2, 0.25) is 10.5 Å². The molecule has 0 amide bonds. The Morgan fingerprint density at radius 3 is 2.40 bits per heavy atom. The minimum Gasteiger partial charge on any atom is -0.539 e. The highest BCUT2D eigenvalue weighted by Crippen LogP contribution is 2.25. The lowest BCUT2D eigenvalue weighted by Crippen LogP contribution is -2.45. The Kier molecular flexibility index (Phi) is 9.15. The average molecular weight is 591 g/mol. The standard InChI is InChI=1S/C30H38N8O3S/c1-21(2)18-23-6-8-24(9-7-23)22(3)28-32-36(20-35-16-14-34(4)15-17-35)30(42)38(28)31-19-27-29(39)41-33-37(27)25-10-12-26(40-5)13-11-25/h6-13,19,21-22H,14-18,20H2,1-5H3. The number of nitrogens with zero attached hydrogens (tertiary/aromatic N) is 8. The van der Waals surface area contributed by atoms with E-state index in [1.165, 1.54) is 16.5 Å². The highest BCUT2D eigenvalue weighted by atomic mass is 32.1. The number of benzene rings is 2. The van der Waals surface area contributed by atoms with Gasteiger partial charge in [-0.1, -0.05) is 45.0 Å². The number of hydrogen-bond donors (Lipinski definition) is 0. The van der Waals surface area contributed by atoms with Crippen LogP contribution < -0.4 is 14.5 Å². The molecule has 0 saturated carbocycles. The Labute approximate surface area is 251 Å². The summed E-state index contributed by atoms with van der Waals surface area (Å²) in [6.45, 7) is 10.9. The van der Waals surface area contributed by atoms with E-state index in [-0.39, 0.29) is 11.6 Å². The summed E-state index contributed by atoms with van der Waals surface area (Å²) in [6.07, 6.45) is 2.46. The van der Waals surface area contributed by atoms with Gasteiger partial charge in [-0.15, -0.1) is 0 Å². The van der Waals surface area contributed by atoms with Gasteiger partial charge in [0, 0.05) is 44.2 Å². The summed E-state index contributed by atoms with van der Waals surface area (Å²) in [4.78, 5) is 4.64. The molecule has 5 rings (SSSR count). The van der Waals surface area contributed by atoms with E-state index in [2.05, 4.69) is 67.2 Å². The summed E-state index contributed by atoms with van der Waals surface area (Å²) in [7, 11) is 3.73. The van der Waals surface area contributed by atoms with Crippen LogP contribution in [0.5, 0.6) is 11.7 Å². The Hall–Kier alpha value is -3.87. The molecule has 2 aromatic heterocycles. The molecule has 42 heavy (non-hydrogen) atoms. The van der Waals surface area contributed by atoms with E-state index in [4.69, 9.17) is 31.7 Å². The predicted molar refractivity (Wildman–Crippen MR) is 160 cm³/mol. The van der Waals surface area contributed by atoms with E-state index < -0.39 is 5.95 Å². The maximum atomic E-state index is 12.7. The third kappa shape index (κ3) is 6.61. The molecule has 2 aromatic carbocycles. The van der Waals surface area contributed by atoms with Crippen LogP contribution in [0.25, 0.3) is 5.69 Å². The van der Waals surface area contributed by atoms with Gasteiger partial charge in [0.25, 0.3) is 5.69 Å². The first kappa shape index (κ1) is 29.6. The number of hydrogen-bond acceptors (Lipinski definition) is 9. The lowest BCUT2D eigenvalue weighted by atomic mass is 9.96. The molecular weight excluding hydrogens is 552 g/mol. The average Bonchev–Trinajstić information content (AvgIpc) is 3.51. The lowest BCUT2D eigenvalue weighted by Gasteiger charge is -2.31. The van der Waals surface area contributed by atoms with Crippen LogP contribution in [-0.2, 0) is 13.1 Å². The van der Waals surface area contributed by atoms with E-state index in [0.717, 1.165) is 38.2 Å². The Morgan fingerprint density at radius 1 is 1.07 bits per heavy atom. The van der Waals surface area contributed by atoms with E-state index in [0.29, 0.717) is 34.6 Å². The van der Waals surface area contributed by atoms with Gasteiger partial charge in [-0.2, -0.15) is 14.9 Å². The molecule has 11 nitrogen and oxygen atoms in total. The fraction of sp³-hybridized carbons (Fsp3) is 0.433. The first-order valence-corrected chi connectivity index (χ1v) is 14.6. The van der Waals surface area contributed by atoms with Crippen molar-refractivity contribution in [3.05, 3.63) is 75.9 Å². The van der Waals surface area contributed by atoms with Crippen molar-refractivity contribution in [1.82, 2.24) is 29.5 Å². The van der Waals surface area contributed by atoms with Crippen LogP contribution in [0.2, 0.25) is 0 Å². The van der Waals surface area contributed by atoms with E-state index in [1.807, 2.05) is 4.68 Å². The van der Waals surface area contributed by atoms with Crippen molar-refractivity contribution in [2.24, 2.45) is 11.0 Å². The van der Waals surface area contributed by atoms with Gasteiger partial charge in [0.15, 0.2) is 11.8 Å². The molecule has 0 spiro atoms. The van der Waals surface area contributed by atoms with Gasteiger partial charge in [-0.05, 0) is 59.5 Å². The number of ether oxygens (including phenoxy) is 1. The van der Waals surface area contributed by atoms with Crippen LogP contribution in [0.15, 0.2) is 58.2 Å². The summed E-state index contributed by atoms with van der Waals surface area (Å²) in [6, 6.07) is 15.8. The maximum Gasteiger partial charge on any atom is 0.283 e. The Bertz CT molecular complexity index is 1570. The van der Waals surface area contributed by atoms with Crippen LogP contribution in [0.4, 0.5) is 0 Å². The van der Waals surface area contributed by atoms with Crippen LogP contribution in [0, 0.1) is 10.7 Å². The topological polar surface area (TPSA) is 104 Å². The molecule has 3 heterocycles. The maximum absolute atomic E-state index is 12.7. The molecule has 222 valence electrons. The highest BCUT2D eigenvalue weighted by Gasteiger charge is 2.23.